The van der Waals surface area contributed by atoms with Crippen LogP contribution in [-0.4, -0.2) is 32.4 Å². The quantitative estimate of drug-likeness (QED) is 0.345. The van der Waals surface area contributed by atoms with E-state index < -0.39 is 0 Å². The standard InChI is InChI=1S/C27H19ClF2N2OSe/c28-20-7-13-23(14-8-20)34-24-16-19-2-1-15-32(27(33)18-5-11-22(30)12-6-18)26(19)31-25(24)17-3-9-21(29)10-4-17/h3-14,16H,1-2,15H2. The number of aryl methyl sites for hydroxylation is 1. The summed E-state index contributed by atoms with van der Waals surface area (Å²) in [5.41, 5.74) is 2.93. The molecule has 2 heterocycles. The fourth-order valence-corrected chi connectivity index (χ4v) is 6.14. The summed E-state index contributed by atoms with van der Waals surface area (Å²) in [6, 6.07) is 21.7. The fraction of sp³-hybridized carbons (Fsp3) is 0.111. The summed E-state index contributed by atoms with van der Waals surface area (Å²) in [6.07, 6.45) is 1.62. The predicted octanol–water partition coefficient (Wildman–Crippen LogP) is 4.93. The van der Waals surface area contributed by atoms with Gasteiger partial charge in [0.05, 0.1) is 0 Å². The second-order valence-corrected chi connectivity index (χ2v) is 10.7. The Morgan fingerprint density at radius 2 is 1.56 bits per heavy atom. The third-order valence-electron chi connectivity index (χ3n) is 5.62. The average Bonchev–Trinajstić information content (AvgIpc) is 2.85. The first-order valence-corrected chi connectivity index (χ1v) is 12.9. The Morgan fingerprint density at radius 3 is 2.24 bits per heavy atom. The molecule has 5 rings (SSSR count). The fourth-order valence-electron chi connectivity index (χ4n) is 3.94. The van der Waals surface area contributed by atoms with Crippen molar-refractivity contribution in [1.82, 2.24) is 4.98 Å². The number of fused-ring (bicyclic) bond motifs is 1. The van der Waals surface area contributed by atoms with Crippen LogP contribution in [0.2, 0.25) is 5.02 Å². The van der Waals surface area contributed by atoms with Gasteiger partial charge in [0.1, 0.15) is 0 Å². The van der Waals surface area contributed by atoms with Crippen LogP contribution in [0.25, 0.3) is 11.3 Å². The average molecular weight is 540 g/mol. The van der Waals surface area contributed by atoms with Gasteiger partial charge >= 0.3 is 208 Å². The first-order valence-electron chi connectivity index (χ1n) is 10.8. The van der Waals surface area contributed by atoms with E-state index in [1.54, 1.807) is 17.0 Å². The van der Waals surface area contributed by atoms with Gasteiger partial charge in [-0.05, 0) is 0 Å². The third-order valence-corrected chi connectivity index (χ3v) is 8.05. The van der Waals surface area contributed by atoms with Crippen molar-refractivity contribution in [2.45, 2.75) is 12.8 Å². The summed E-state index contributed by atoms with van der Waals surface area (Å²) in [7, 11) is 0. The number of rotatable bonds is 4. The molecule has 3 nitrogen and oxygen atoms in total. The molecule has 34 heavy (non-hydrogen) atoms. The molecule has 0 aliphatic carbocycles. The second-order valence-electron chi connectivity index (χ2n) is 7.95. The molecule has 0 fully saturated rings. The van der Waals surface area contributed by atoms with Gasteiger partial charge in [0.2, 0.25) is 0 Å². The van der Waals surface area contributed by atoms with E-state index in [1.165, 1.54) is 36.4 Å². The van der Waals surface area contributed by atoms with Crippen molar-refractivity contribution >= 4 is 47.2 Å². The van der Waals surface area contributed by atoms with Crippen LogP contribution >= 0.6 is 11.6 Å². The number of pyridine rings is 1. The zero-order chi connectivity index (χ0) is 23.7. The van der Waals surface area contributed by atoms with Crippen molar-refractivity contribution in [3.05, 3.63) is 107 Å². The molecular weight excluding hydrogens is 521 g/mol. The molecule has 1 amide bonds. The van der Waals surface area contributed by atoms with Crippen molar-refractivity contribution in [3.63, 3.8) is 0 Å². The van der Waals surface area contributed by atoms with Crippen molar-refractivity contribution in [2.75, 3.05) is 11.4 Å². The Kier molecular flexibility index (Phi) is 6.46. The van der Waals surface area contributed by atoms with Crippen molar-refractivity contribution in [3.8, 4) is 11.3 Å². The number of benzene rings is 3. The molecule has 3 aromatic carbocycles. The van der Waals surface area contributed by atoms with Gasteiger partial charge in [-0.1, -0.05) is 0 Å². The number of hydrogen-bond acceptors (Lipinski definition) is 2. The number of halogens is 3. The van der Waals surface area contributed by atoms with Crippen molar-refractivity contribution in [2.24, 2.45) is 0 Å². The summed E-state index contributed by atoms with van der Waals surface area (Å²) in [5, 5.41) is 0.678. The normalized spacial score (nSPS) is 13.0. The van der Waals surface area contributed by atoms with Gasteiger partial charge in [0.15, 0.2) is 0 Å². The van der Waals surface area contributed by atoms with E-state index >= 15 is 0 Å². The van der Waals surface area contributed by atoms with Crippen LogP contribution in [0, 0.1) is 11.6 Å². The SMILES string of the molecule is O=C(c1ccc(F)cc1)N1CCCc2cc([Se]c3ccc(Cl)cc3)c(-c3ccc(F)cc3)nc21. The van der Waals surface area contributed by atoms with Gasteiger partial charge < -0.3 is 0 Å². The number of nitrogens with zero attached hydrogens (tertiary/aromatic N) is 2. The van der Waals surface area contributed by atoms with Gasteiger partial charge in [-0.2, -0.15) is 0 Å². The minimum atomic E-state index is -0.388. The molecule has 4 aromatic rings. The molecule has 0 saturated carbocycles. The molecule has 0 saturated heterocycles. The summed E-state index contributed by atoms with van der Waals surface area (Å²) in [6.45, 7) is 0.529. The number of hydrogen-bond donors (Lipinski definition) is 0. The molecule has 0 atom stereocenters. The Balaban J connectivity index is 1.60. The van der Waals surface area contributed by atoms with Gasteiger partial charge in [-0.15, -0.1) is 0 Å². The second kappa shape index (κ2) is 9.67. The van der Waals surface area contributed by atoms with Crippen LogP contribution in [0.1, 0.15) is 22.3 Å². The Bertz CT molecular complexity index is 1340. The summed E-state index contributed by atoms with van der Waals surface area (Å²) in [5.74, 6) is -0.314. The van der Waals surface area contributed by atoms with Crippen molar-refractivity contribution < 1.29 is 13.6 Å². The molecule has 1 aliphatic rings. The molecule has 1 aromatic heterocycles. The number of aromatic nitrogens is 1. The number of carbonyl (C=O) groups is 1. The Labute approximate surface area is 207 Å². The maximum atomic E-state index is 13.6. The van der Waals surface area contributed by atoms with E-state index in [0.717, 1.165) is 38.6 Å². The van der Waals surface area contributed by atoms with E-state index in [9.17, 15) is 13.6 Å². The Morgan fingerprint density at radius 1 is 0.912 bits per heavy atom. The monoisotopic (exact) mass is 540 g/mol. The number of amides is 1. The van der Waals surface area contributed by atoms with Gasteiger partial charge in [0, 0.05) is 0 Å². The summed E-state index contributed by atoms with van der Waals surface area (Å²) in [4.78, 5) is 19.9. The van der Waals surface area contributed by atoms with Gasteiger partial charge in [-0.3, -0.25) is 0 Å². The number of carbonyl (C=O) groups excluding carboxylic acids is 1. The molecule has 0 unspecified atom stereocenters. The zero-order valence-corrected chi connectivity index (χ0v) is 20.4. The van der Waals surface area contributed by atoms with Crippen LogP contribution in [0.15, 0.2) is 78.9 Å². The van der Waals surface area contributed by atoms with E-state index in [0.29, 0.717) is 22.9 Å². The van der Waals surface area contributed by atoms with E-state index in [1.807, 2.05) is 24.3 Å². The molecule has 0 bridgehead atoms. The third kappa shape index (κ3) is 4.76. The molecule has 170 valence electrons. The molecular formula is C27H19ClF2N2OSe. The zero-order valence-electron chi connectivity index (χ0n) is 18.0. The molecule has 0 spiro atoms. The molecule has 1 aliphatic heterocycles. The van der Waals surface area contributed by atoms with Crippen LogP contribution < -0.4 is 13.8 Å². The van der Waals surface area contributed by atoms with Crippen LogP contribution in [0.5, 0.6) is 0 Å². The molecule has 7 heteroatoms. The summed E-state index contributed by atoms with van der Waals surface area (Å²) >= 11 is 5.99. The number of anilines is 1. The molecule has 0 radical (unpaired) electrons. The first kappa shape index (κ1) is 22.7. The van der Waals surface area contributed by atoms with E-state index in [2.05, 4.69) is 6.07 Å². The van der Waals surface area contributed by atoms with Crippen molar-refractivity contribution in [1.29, 1.82) is 0 Å². The van der Waals surface area contributed by atoms with E-state index in [4.69, 9.17) is 16.6 Å². The topological polar surface area (TPSA) is 33.2 Å². The Hall–Kier alpha value is -3.05. The predicted molar refractivity (Wildman–Crippen MR) is 133 cm³/mol. The van der Waals surface area contributed by atoms with Crippen LogP contribution in [0.4, 0.5) is 14.6 Å². The molecule has 0 N–H and O–H groups in total. The van der Waals surface area contributed by atoms with Crippen LogP contribution in [0.3, 0.4) is 0 Å². The summed E-state index contributed by atoms with van der Waals surface area (Å²) < 4.78 is 29.2. The maximum absolute atomic E-state index is 13.6. The van der Waals surface area contributed by atoms with Gasteiger partial charge in [0.25, 0.3) is 0 Å². The van der Waals surface area contributed by atoms with Crippen LogP contribution in [-0.2, 0) is 6.42 Å². The van der Waals surface area contributed by atoms with Gasteiger partial charge in [-0.25, -0.2) is 0 Å². The van der Waals surface area contributed by atoms with E-state index in [-0.39, 0.29) is 32.5 Å². The first-order chi connectivity index (χ1) is 16.5. The minimum absolute atomic E-state index is 0.0699.